The van der Waals surface area contributed by atoms with E-state index in [2.05, 4.69) is 29.0 Å². The monoisotopic (exact) mass is 284 g/mol. The lowest BCUT2D eigenvalue weighted by Gasteiger charge is -2.04. The Morgan fingerprint density at radius 3 is 2.80 bits per heavy atom. The Morgan fingerprint density at radius 1 is 1.20 bits per heavy atom. The van der Waals surface area contributed by atoms with E-state index in [-0.39, 0.29) is 0 Å². The molecule has 0 saturated carbocycles. The zero-order chi connectivity index (χ0) is 14.1. The molecule has 3 heterocycles. The third-order valence-electron chi connectivity index (χ3n) is 3.06. The summed E-state index contributed by atoms with van der Waals surface area (Å²) in [4.78, 5) is 9.19. The summed E-state index contributed by atoms with van der Waals surface area (Å²) in [6.07, 6.45) is 1.99. The van der Waals surface area contributed by atoms with Crippen molar-refractivity contribution in [3.8, 4) is 0 Å². The Hall–Kier alpha value is -1.85. The molecule has 4 nitrogen and oxygen atoms in total. The highest BCUT2D eigenvalue weighted by atomic mass is 32.2. The Kier molecular flexibility index (Phi) is 3.46. The highest BCUT2D eigenvalue weighted by Gasteiger charge is 2.12. The van der Waals surface area contributed by atoms with Crippen LogP contribution in [0, 0.1) is 13.8 Å². The van der Waals surface area contributed by atoms with Crippen LogP contribution in [0.2, 0.25) is 0 Å². The van der Waals surface area contributed by atoms with E-state index >= 15 is 0 Å². The van der Waals surface area contributed by atoms with Gasteiger partial charge in [0.05, 0.1) is 5.69 Å². The number of hydrogen-bond donors (Lipinski definition) is 1. The van der Waals surface area contributed by atoms with Crippen LogP contribution in [0.5, 0.6) is 0 Å². The molecule has 3 aromatic heterocycles. The summed E-state index contributed by atoms with van der Waals surface area (Å²) < 4.78 is 2.03. The third-order valence-corrected chi connectivity index (χ3v) is 4.00. The fraction of sp³-hybridized carbons (Fsp3) is 0.200. The lowest BCUT2D eigenvalue weighted by Crippen LogP contribution is -2.02. The first-order valence-electron chi connectivity index (χ1n) is 6.46. The van der Waals surface area contributed by atoms with Gasteiger partial charge < -0.3 is 10.1 Å². The molecule has 0 aliphatic heterocycles. The van der Waals surface area contributed by atoms with Gasteiger partial charge in [-0.2, -0.15) is 0 Å². The van der Waals surface area contributed by atoms with Gasteiger partial charge in [0.2, 0.25) is 0 Å². The molecule has 0 aliphatic rings. The van der Waals surface area contributed by atoms with E-state index in [0.29, 0.717) is 6.54 Å². The second-order valence-electron chi connectivity index (χ2n) is 4.72. The fourth-order valence-corrected chi connectivity index (χ4v) is 3.32. The van der Waals surface area contributed by atoms with Crippen LogP contribution in [-0.4, -0.2) is 14.4 Å². The van der Waals surface area contributed by atoms with Crippen LogP contribution >= 0.6 is 11.8 Å². The van der Waals surface area contributed by atoms with Gasteiger partial charge in [0.25, 0.3) is 0 Å². The van der Waals surface area contributed by atoms with E-state index in [4.69, 9.17) is 5.73 Å². The average molecular weight is 284 g/mol. The van der Waals surface area contributed by atoms with E-state index in [1.807, 2.05) is 35.7 Å². The van der Waals surface area contributed by atoms with Crippen LogP contribution in [0.4, 0.5) is 0 Å². The first kappa shape index (κ1) is 13.1. The molecule has 0 atom stereocenters. The van der Waals surface area contributed by atoms with Gasteiger partial charge >= 0.3 is 0 Å². The number of fused-ring (bicyclic) bond motifs is 1. The van der Waals surface area contributed by atoms with Crippen LogP contribution in [0.1, 0.15) is 17.0 Å². The average Bonchev–Trinajstić information content (AvgIpc) is 2.74. The predicted octanol–water partition coefficient (Wildman–Crippen LogP) is 2.96. The first-order chi connectivity index (χ1) is 9.67. The van der Waals surface area contributed by atoms with Gasteiger partial charge in [-0.15, -0.1) is 0 Å². The van der Waals surface area contributed by atoms with E-state index < -0.39 is 0 Å². The molecule has 102 valence electrons. The van der Waals surface area contributed by atoms with Crippen molar-refractivity contribution in [2.24, 2.45) is 5.73 Å². The third kappa shape index (κ3) is 2.42. The van der Waals surface area contributed by atoms with Crippen LogP contribution in [0.25, 0.3) is 5.65 Å². The zero-order valence-electron chi connectivity index (χ0n) is 11.5. The summed E-state index contributed by atoms with van der Waals surface area (Å²) in [5, 5.41) is 1.89. The van der Waals surface area contributed by atoms with Crippen molar-refractivity contribution in [2.45, 2.75) is 30.4 Å². The molecule has 5 heteroatoms. The molecule has 0 spiro atoms. The van der Waals surface area contributed by atoms with Gasteiger partial charge in [-0.05, 0) is 55.4 Å². The summed E-state index contributed by atoms with van der Waals surface area (Å²) >= 11 is 1.57. The topological polar surface area (TPSA) is 56.2 Å². The van der Waals surface area contributed by atoms with E-state index in [9.17, 15) is 0 Å². The summed E-state index contributed by atoms with van der Waals surface area (Å²) in [6, 6.07) is 10.1. The summed E-state index contributed by atoms with van der Waals surface area (Å²) in [5.74, 6) is 0. The van der Waals surface area contributed by atoms with Gasteiger partial charge in [0, 0.05) is 18.4 Å². The van der Waals surface area contributed by atoms with Crippen molar-refractivity contribution < 1.29 is 0 Å². The highest BCUT2D eigenvalue weighted by molar-refractivity contribution is 7.99. The van der Waals surface area contributed by atoms with Gasteiger partial charge in [0.15, 0.2) is 0 Å². The molecule has 2 N–H and O–H groups in total. The number of imidazole rings is 1. The van der Waals surface area contributed by atoms with Crippen LogP contribution in [-0.2, 0) is 6.54 Å². The molecule has 0 fully saturated rings. The quantitative estimate of drug-likeness (QED) is 0.803. The molecular formula is C15H16N4S. The number of pyridine rings is 2. The minimum atomic E-state index is 0.457. The maximum Gasteiger partial charge on any atom is 0.138 e. The number of nitrogens with zero attached hydrogens (tertiary/aromatic N) is 3. The number of rotatable bonds is 3. The zero-order valence-corrected chi connectivity index (χ0v) is 12.3. The van der Waals surface area contributed by atoms with Crippen molar-refractivity contribution in [3.63, 3.8) is 0 Å². The molecule has 0 saturated heterocycles. The summed E-state index contributed by atoms with van der Waals surface area (Å²) in [7, 11) is 0. The minimum Gasteiger partial charge on any atom is -0.325 e. The van der Waals surface area contributed by atoms with Gasteiger partial charge in [-0.1, -0.05) is 6.07 Å². The molecule has 3 aromatic rings. The second-order valence-corrected chi connectivity index (χ2v) is 5.73. The Morgan fingerprint density at radius 2 is 2.05 bits per heavy atom. The predicted molar refractivity (Wildman–Crippen MR) is 80.9 cm³/mol. The molecule has 20 heavy (non-hydrogen) atoms. The maximum atomic E-state index is 5.88. The summed E-state index contributed by atoms with van der Waals surface area (Å²) in [5.41, 5.74) is 10.0. The van der Waals surface area contributed by atoms with Crippen LogP contribution in [0.15, 0.2) is 46.6 Å². The maximum absolute atomic E-state index is 5.88. The van der Waals surface area contributed by atoms with Crippen molar-refractivity contribution >= 4 is 17.4 Å². The normalized spacial score (nSPS) is 11.2. The lowest BCUT2D eigenvalue weighted by atomic mass is 10.3. The number of aryl methyl sites for hydroxylation is 2. The minimum absolute atomic E-state index is 0.457. The van der Waals surface area contributed by atoms with Crippen molar-refractivity contribution in [1.82, 2.24) is 14.4 Å². The number of hydrogen-bond acceptors (Lipinski definition) is 4. The molecule has 0 aromatic carbocycles. The number of nitrogens with two attached hydrogens (primary N) is 1. The van der Waals surface area contributed by atoms with E-state index in [1.165, 1.54) is 5.56 Å². The van der Waals surface area contributed by atoms with Gasteiger partial charge in [0.1, 0.15) is 15.7 Å². The van der Waals surface area contributed by atoms with Crippen molar-refractivity contribution in [3.05, 3.63) is 53.5 Å². The van der Waals surface area contributed by atoms with Gasteiger partial charge in [-0.3, -0.25) is 0 Å². The van der Waals surface area contributed by atoms with Crippen molar-refractivity contribution in [2.75, 3.05) is 0 Å². The van der Waals surface area contributed by atoms with Gasteiger partial charge in [-0.25, -0.2) is 9.97 Å². The highest BCUT2D eigenvalue weighted by Crippen LogP contribution is 2.29. The Labute approximate surface area is 122 Å². The fourth-order valence-electron chi connectivity index (χ4n) is 2.25. The lowest BCUT2D eigenvalue weighted by molar-refractivity contribution is 0.918. The SMILES string of the molecule is Cc1cc(C)nc(Sc2nc3ccccn3c2CN)c1. The Balaban J connectivity index is 2.05. The largest absolute Gasteiger partial charge is 0.325 e. The Bertz CT molecular complexity index is 743. The molecule has 0 aliphatic carbocycles. The van der Waals surface area contributed by atoms with E-state index in [1.54, 1.807) is 11.8 Å². The molecular weight excluding hydrogens is 268 g/mol. The van der Waals surface area contributed by atoms with Crippen LogP contribution < -0.4 is 5.73 Å². The second kappa shape index (κ2) is 5.26. The summed E-state index contributed by atoms with van der Waals surface area (Å²) in [6.45, 7) is 4.54. The smallest absolute Gasteiger partial charge is 0.138 e. The number of aromatic nitrogens is 3. The molecule has 0 amide bonds. The first-order valence-corrected chi connectivity index (χ1v) is 7.28. The standard InChI is InChI=1S/C15H16N4S/c1-10-7-11(2)17-14(8-10)20-15-12(9-16)19-6-4-3-5-13(19)18-15/h3-8H,9,16H2,1-2H3. The van der Waals surface area contributed by atoms with Crippen molar-refractivity contribution in [1.29, 1.82) is 0 Å². The van der Waals surface area contributed by atoms with Crippen LogP contribution in [0.3, 0.4) is 0 Å². The molecule has 0 bridgehead atoms. The molecule has 3 rings (SSSR count). The molecule has 0 radical (unpaired) electrons. The van der Waals surface area contributed by atoms with E-state index in [0.717, 1.165) is 27.1 Å². The molecule has 0 unspecified atom stereocenters.